The monoisotopic (exact) mass is 402 g/mol. The number of hydrogen-bond donors (Lipinski definition) is 0. The van der Waals surface area contributed by atoms with Crippen LogP contribution in [-0.4, -0.2) is 0 Å². The first kappa shape index (κ1) is 24.5. The SMILES string of the molecule is CC.CC.Cc1ccc(Sc2ccc(C)cc2)cc1.c1ccc2ccccc2c1. The van der Waals surface area contributed by atoms with Gasteiger partial charge in [-0.25, -0.2) is 0 Å². The van der Waals surface area contributed by atoms with Gasteiger partial charge < -0.3 is 0 Å². The summed E-state index contributed by atoms with van der Waals surface area (Å²) in [5.74, 6) is 0. The Hall–Kier alpha value is -2.51. The van der Waals surface area contributed by atoms with E-state index in [2.05, 4.69) is 111 Å². The quantitative estimate of drug-likeness (QED) is 0.322. The van der Waals surface area contributed by atoms with Crippen LogP contribution in [0.3, 0.4) is 0 Å². The van der Waals surface area contributed by atoms with Gasteiger partial charge in [0, 0.05) is 9.79 Å². The Balaban J connectivity index is 0.000000260. The standard InChI is InChI=1S/C14H14S.C10H8.2C2H6/c1-11-3-7-13(8-4-11)15-14-9-5-12(2)6-10-14;1-2-6-10-8-4-3-7-9(10)5-1;2*1-2/h3-10H,1-2H3;1-8H;2*1-2H3. The number of aryl methyl sites for hydroxylation is 2. The summed E-state index contributed by atoms with van der Waals surface area (Å²) in [4.78, 5) is 2.59. The van der Waals surface area contributed by atoms with E-state index in [1.54, 1.807) is 11.8 Å². The zero-order chi connectivity index (χ0) is 21.5. The number of rotatable bonds is 2. The molecule has 1 heteroatoms. The molecule has 4 aromatic rings. The summed E-state index contributed by atoms with van der Waals surface area (Å²) in [6.07, 6.45) is 0. The molecule has 0 fully saturated rings. The van der Waals surface area contributed by atoms with Crippen molar-refractivity contribution in [1.29, 1.82) is 0 Å². The lowest BCUT2D eigenvalue weighted by molar-refractivity contribution is 1.34. The zero-order valence-electron chi connectivity index (χ0n) is 18.6. The first-order valence-electron chi connectivity index (χ1n) is 10.5. The van der Waals surface area contributed by atoms with E-state index in [1.807, 2.05) is 27.7 Å². The van der Waals surface area contributed by atoms with Crippen molar-refractivity contribution in [3.8, 4) is 0 Å². The van der Waals surface area contributed by atoms with Crippen LogP contribution in [0, 0.1) is 13.8 Å². The first-order chi connectivity index (χ1) is 14.2. The molecule has 0 N–H and O–H groups in total. The fraction of sp³-hybridized carbons (Fsp3) is 0.214. The van der Waals surface area contributed by atoms with Crippen LogP contribution >= 0.6 is 11.8 Å². The van der Waals surface area contributed by atoms with E-state index in [9.17, 15) is 0 Å². The molecule has 0 saturated heterocycles. The largest absolute Gasteiger partial charge is 0.0901 e. The summed E-state index contributed by atoms with van der Waals surface area (Å²) in [5.41, 5.74) is 2.62. The van der Waals surface area contributed by atoms with Gasteiger partial charge in [0.15, 0.2) is 0 Å². The van der Waals surface area contributed by atoms with Crippen molar-refractivity contribution in [2.45, 2.75) is 51.3 Å². The lowest BCUT2D eigenvalue weighted by atomic mass is 10.1. The van der Waals surface area contributed by atoms with Crippen molar-refractivity contribution in [3.63, 3.8) is 0 Å². The average Bonchev–Trinajstić information content (AvgIpc) is 2.80. The topological polar surface area (TPSA) is 0 Å². The Kier molecular flexibility index (Phi) is 12.2. The molecule has 0 heterocycles. The second-order valence-corrected chi connectivity index (χ2v) is 7.22. The predicted octanol–water partition coefficient (Wildman–Crippen LogP) is 9.35. The van der Waals surface area contributed by atoms with Gasteiger partial charge in [0.1, 0.15) is 0 Å². The van der Waals surface area contributed by atoms with E-state index in [1.165, 1.54) is 31.7 Å². The van der Waals surface area contributed by atoms with Crippen LogP contribution in [0.25, 0.3) is 10.8 Å². The highest BCUT2D eigenvalue weighted by atomic mass is 32.2. The molecule has 4 rings (SSSR count). The van der Waals surface area contributed by atoms with Gasteiger partial charge in [0.2, 0.25) is 0 Å². The van der Waals surface area contributed by atoms with Gasteiger partial charge in [-0.1, -0.05) is 123 Å². The first-order valence-corrected chi connectivity index (χ1v) is 11.3. The summed E-state index contributed by atoms with van der Waals surface area (Å²) in [5, 5.41) is 2.62. The van der Waals surface area contributed by atoms with Crippen molar-refractivity contribution in [3.05, 3.63) is 108 Å². The van der Waals surface area contributed by atoms with E-state index in [0.29, 0.717) is 0 Å². The fourth-order valence-corrected chi connectivity index (χ4v) is 3.30. The summed E-state index contributed by atoms with van der Waals surface area (Å²) in [6.45, 7) is 12.2. The summed E-state index contributed by atoms with van der Waals surface area (Å²) in [7, 11) is 0. The third-order valence-electron chi connectivity index (χ3n) is 3.94. The van der Waals surface area contributed by atoms with Crippen LogP contribution in [0.15, 0.2) is 107 Å². The number of hydrogen-bond acceptors (Lipinski definition) is 1. The van der Waals surface area contributed by atoms with E-state index in [4.69, 9.17) is 0 Å². The smallest absolute Gasteiger partial charge is 0.0122 e. The maximum atomic E-state index is 2.17. The molecular formula is C28H34S. The fourth-order valence-electron chi connectivity index (χ4n) is 2.48. The Morgan fingerprint density at radius 1 is 0.414 bits per heavy atom. The van der Waals surface area contributed by atoms with Crippen molar-refractivity contribution < 1.29 is 0 Å². The van der Waals surface area contributed by atoms with Gasteiger partial charge in [-0.3, -0.25) is 0 Å². The summed E-state index contributed by atoms with van der Waals surface area (Å²) >= 11 is 1.80. The lowest BCUT2D eigenvalue weighted by Gasteiger charge is -2.02. The van der Waals surface area contributed by atoms with Crippen molar-refractivity contribution in [2.24, 2.45) is 0 Å². The predicted molar refractivity (Wildman–Crippen MR) is 133 cm³/mol. The molecule has 0 aliphatic carbocycles. The summed E-state index contributed by atoms with van der Waals surface area (Å²) < 4.78 is 0. The van der Waals surface area contributed by atoms with Crippen molar-refractivity contribution >= 4 is 22.5 Å². The lowest BCUT2D eigenvalue weighted by Crippen LogP contribution is -1.76. The molecule has 0 bridgehead atoms. The molecule has 0 unspecified atom stereocenters. The molecule has 0 aliphatic rings. The highest BCUT2D eigenvalue weighted by Gasteiger charge is 1.96. The molecule has 4 aromatic carbocycles. The van der Waals surface area contributed by atoms with Gasteiger partial charge in [0.05, 0.1) is 0 Å². The van der Waals surface area contributed by atoms with E-state index < -0.39 is 0 Å². The van der Waals surface area contributed by atoms with Gasteiger partial charge in [-0.15, -0.1) is 0 Å². The summed E-state index contributed by atoms with van der Waals surface area (Å²) in [6, 6.07) is 34.0. The van der Waals surface area contributed by atoms with E-state index in [-0.39, 0.29) is 0 Å². The molecule has 0 saturated carbocycles. The maximum absolute atomic E-state index is 2.17. The molecule has 0 spiro atoms. The highest BCUT2D eigenvalue weighted by Crippen LogP contribution is 2.27. The number of benzene rings is 4. The minimum Gasteiger partial charge on any atom is -0.0901 e. The van der Waals surface area contributed by atoms with E-state index in [0.717, 1.165) is 0 Å². The van der Waals surface area contributed by atoms with Crippen LogP contribution in [-0.2, 0) is 0 Å². The molecule has 0 aliphatic heterocycles. The average molecular weight is 403 g/mol. The van der Waals surface area contributed by atoms with Crippen molar-refractivity contribution in [1.82, 2.24) is 0 Å². The third-order valence-corrected chi connectivity index (χ3v) is 4.95. The Morgan fingerprint density at radius 3 is 0.966 bits per heavy atom. The Labute approximate surface area is 182 Å². The van der Waals surface area contributed by atoms with Crippen LogP contribution in [0.1, 0.15) is 38.8 Å². The molecule has 0 amide bonds. The Morgan fingerprint density at radius 2 is 0.690 bits per heavy atom. The molecule has 0 atom stereocenters. The zero-order valence-corrected chi connectivity index (χ0v) is 19.5. The second-order valence-electron chi connectivity index (χ2n) is 6.08. The molecule has 29 heavy (non-hydrogen) atoms. The van der Waals surface area contributed by atoms with Crippen LogP contribution in [0.4, 0.5) is 0 Å². The van der Waals surface area contributed by atoms with Crippen molar-refractivity contribution in [2.75, 3.05) is 0 Å². The van der Waals surface area contributed by atoms with Gasteiger partial charge in [-0.05, 0) is 48.9 Å². The highest BCUT2D eigenvalue weighted by molar-refractivity contribution is 7.99. The minimum atomic E-state index is 1.30. The maximum Gasteiger partial charge on any atom is 0.0122 e. The van der Waals surface area contributed by atoms with Gasteiger partial charge in [-0.2, -0.15) is 0 Å². The minimum absolute atomic E-state index is 1.30. The molecule has 152 valence electrons. The van der Waals surface area contributed by atoms with Gasteiger partial charge >= 0.3 is 0 Å². The molecular weight excluding hydrogens is 368 g/mol. The van der Waals surface area contributed by atoms with Crippen LogP contribution in [0.5, 0.6) is 0 Å². The molecule has 0 nitrogen and oxygen atoms in total. The van der Waals surface area contributed by atoms with E-state index >= 15 is 0 Å². The number of fused-ring (bicyclic) bond motifs is 1. The molecule has 0 aromatic heterocycles. The molecule has 0 radical (unpaired) electrons. The van der Waals surface area contributed by atoms with Gasteiger partial charge in [0.25, 0.3) is 0 Å². The van der Waals surface area contributed by atoms with Crippen LogP contribution < -0.4 is 0 Å². The third kappa shape index (κ3) is 9.02. The van der Waals surface area contributed by atoms with Crippen LogP contribution in [0.2, 0.25) is 0 Å². The normalized spacial score (nSPS) is 9.17. The second kappa shape index (κ2) is 14.5. The Bertz CT molecular complexity index is 813.